The third-order valence-electron chi connectivity index (χ3n) is 4.60. The molecule has 156 valence electrons. The van der Waals surface area contributed by atoms with Gasteiger partial charge >= 0.3 is 0 Å². The molecule has 6 nitrogen and oxygen atoms in total. The van der Waals surface area contributed by atoms with Gasteiger partial charge in [0, 0.05) is 11.6 Å². The van der Waals surface area contributed by atoms with Crippen molar-refractivity contribution in [3.63, 3.8) is 0 Å². The fourth-order valence-corrected chi connectivity index (χ4v) is 4.80. The SMILES string of the molecule is Cc1ccc(N(Cc2ccccc2F)S(=O)(=O)c2ccc(Cl)c([N+](=O)[O-])c2)c(C)c1. The molecule has 0 N–H and O–H groups in total. The second-order valence-electron chi connectivity index (χ2n) is 6.76. The molecule has 0 spiro atoms. The van der Waals surface area contributed by atoms with Crippen LogP contribution < -0.4 is 4.31 Å². The van der Waals surface area contributed by atoms with Crippen LogP contribution in [0.3, 0.4) is 0 Å². The van der Waals surface area contributed by atoms with Crippen molar-refractivity contribution < 1.29 is 17.7 Å². The van der Waals surface area contributed by atoms with Gasteiger partial charge in [0.2, 0.25) is 0 Å². The van der Waals surface area contributed by atoms with Crippen LogP contribution in [0.15, 0.2) is 65.6 Å². The molecular formula is C21H18ClFN2O4S. The summed E-state index contributed by atoms with van der Waals surface area (Å²) in [6, 6.07) is 14.3. The number of aryl methyl sites for hydroxylation is 2. The van der Waals surface area contributed by atoms with Gasteiger partial charge in [0.15, 0.2) is 0 Å². The van der Waals surface area contributed by atoms with Crippen LogP contribution in [0.4, 0.5) is 15.8 Å². The fourth-order valence-electron chi connectivity index (χ4n) is 3.09. The average Bonchev–Trinajstić information content (AvgIpc) is 2.68. The summed E-state index contributed by atoms with van der Waals surface area (Å²) in [5, 5.41) is 11.1. The van der Waals surface area contributed by atoms with E-state index in [2.05, 4.69) is 0 Å². The molecule has 0 aliphatic rings. The number of sulfonamides is 1. The summed E-state index contributed by atoms with van der Waals surface area (Å²) in [5.41, 5.74) is 1.59. The maximum Gasteiger partial charge on any atom is 0.289 e. The molecule has 0 heterocycles. The van der Waals surface area contributed by atoms with E-state index in [1.54, 1.807) is 25.1 Å². The van der Waals surface area contributed by atoms with Gasteiger partial charge in [-0.05, 0) is 43.7 Å². The monoisotopic (exact) mass is 448 g/mol. The van der Waals surface area contributed by atoms with E-state index in [0.29, 0.717) is 11.3 Å². The zero-order valence-corrected chi connectivity index (χ0v) is 17.7. The quantitative estimate of drug-likeness (QED) is 0.373. The Kier molecular flexibility index (Phi) is 6.09. The number of nitro benzene ring substituents is 1. The van der Waals surface area contributed by atoms with Crippen LogP contribution in [-0.4, -0.2) is 13.3 Å². The molecule has 0 bridgehead atoms. The molecule has 0 fully saturated rings. The first-order chi connectivity index (χ1) is 14.1. The van der Waals surface area contributed by atoms with Crippen LogP contribution in [0, 0.1) is 29.8 Å². The zero-order chi connectivity index (χ0) is 22.1. The number of nitro groups is 1. The van der Waals surface area contributed by atoms with Gasteiger partial charge in [0.1, 0.15) is 10.8 Å². The fraction of sp³-hybridized carbons (Fsp3) is 0.143. The first kappa shape index (κ1) is 21.7. The Hall–Kier alpha value is -2.97. The van der Waals surface area contributed by atoms with E-state index in [1.807, 2.05) is 13.0 Å². The van der Waals surface area contributed by atoms with Gasteiger partial charge in [-0.15, -0.1) is 0 Å². The van der Waals surface area contributed by atoms with Gasteiger partial charge in [-0.25, -0.2) is 12.8 Å². The number of benzene rings is 3. The first-order valence-electron chi connectivity index (χ1n) is 8.88. The highest BCUT2D eigenvalue weighted by Crippen LogP contribution is 2.33. The molecule has 0 saturated heterocycles. The lowest BCUT2D eigenvalue weighted by Crippen LogP contribution is -2.31. The summed E-state index contributed by atoms with van der Waals surface area (Å²) in [6.45, 7) is 3.33. The summed E-state index contributed by atoms with van der Waals surface area (Å²) in [7, 11) is -4.27. The predicted molar refractivity (Wildman–Crippen MR) is 114 cm³/mol. The summed E-state index contributed by atoms with van der Waals surface area (Å²) in [5.74, 6) is -0.551. The van der Waals surface area contributed by atoms with E-state index in [9.17, 15) is 22.9 Å². The second kappa shape index (κ2) is 8.41. The maximum atomic E-state index is 14.3. The van der Waals surface area contributed by atoms with E-state index < -0.39 is 26.5 Å². The highest BCUT2D eigenvalue weighted by Gasteiger charge is 2.29. The van der Waals surface area contributed by atoms with Crippen LogP contribution in [0.2, 0.25) is 5.02 Å². The van der Waals surface area contributed by atoms with Gasteiger partial charge in [0.25, 0.3) is 15.7 Å². The van der Waals surface area contributed by atoms with Crippen molar-refractivity contribution in [3.05, 3.63) is 98.3 Å². The third kappa shape index (κ3) is 4.29. The minimum atomic E-state index is -4.27. The molecule has 0 aliphatic carbocycles. The molecule has 0 radical (unpaired) electrons. The minimum absolute atomic E-state index is 0.171. The number of nitrogens with zero attached hydrogens (tertiary/aromatic N) is 2. The summed E-state index contributed by atoms with van der Waals surface area (Å²) in [6.07, 6.45) is 0. The maximum absolute atomic E-state index is 14.3. The Morgan fingerprint density at radius 1 is 1.07 bits per heavy atom. The van der Waals surface area contributed by atoms with Crippen molar-refractivity contribution in [2.24, 2.45) is 0 Å². The highest BCUT2D eigenvalue weighted by molar-refractivity contribution is 7.92. The standard InChI is InChI=1S/C21H18ClFN2O4S/c1-14-7-10-20(15(2)11-14)24(13-16-5-3-4-6-19(16)23)30(28,29)17-8-9-18(22)21(12-17)25(26)27/h3-12H,13H2,1-2H3. The van der Waals surface area contributed by atoms with Crippen LogP contribution in [-0.2, 0) is 16.6 Å². The Labute approximate surface area is 178 Å². The molecule has 0 amide bonds. The van der Waals surface area contributed by atoms with Crippen LogP contribution in [0.5, 0.6) is 0 Å². The van der Waals surface area contributed by atoms with Gasteiger partial charge < -0.3 is 0 Å². The number of hydrogen-bond donors (Lipinski definition) is 0. The van der Waals surface area contributed by atoms with E-state index in [4.69, 9.17) is 11.6 Å². The molecule has 0 atom stereocenters. The topological polar surface area (TPSA) is 80.5 Å². The molecule has 0 aliphatic heterocycles. The van der Waals surface area contributed by atoms with Gasteiger partial charge in [-0.3, -0.25) is 14.4 Å². The van der Waals surface area contributed by atoms with Crippen molar-refractivity contribution in [1.29, 1.82) is 0 Å². The number of anilines is 1. The lowest BCUT2D eigenvalue weighted by molar-refractivity contribution is -0.384. The number of hydrogen-bond acceptors (Lipinski definition) is 4. The van der Waals surface area contributed by atoms with Gasteiger partial charge in [-0.1, -0.05) is 47.5 Å². The van der Waals surface area contributed by atoms with Crippen LogP contribution >= 0.6 is 11.6 Å². The summed E-state index contributed by atoms with van der Waals surface area (Å²) >= 11 is 5.83. The zero-order valence-electron chi connectivity index (χ0n) is 16.2. The molecule has 0 aromatic heterocycles. The van der Waals surface area contributed by atoms with Crippen molar-refractivity contribution in [2.45, 2.75) is 25.3 Å². The second-order valence-corrected chi connectivity index (χ2v) is 9.03. The predicted octanol–water partition coefficient (Wildman–Crippen LogP) is 5.40. The molecule has 3 rings (SSSR count). The average molecular weight is 449 g/mol. The Bertz CT molecular complexity index is 1230. The van der Waals surface area contributed by atoms with Crippen molar-refractivity contribution in [3.8, 4) is 0 Å². The lowest BCUT2D eigenvalue weighted by atomic mass is 10.1. The molecule has 0 unspecified atom stereocenters. The Morgan fingerprint density at radius 2 is 1.77 bits per heavy atom. The molecule has 3 aromatic rings. The molecule has 30 heavy (non-hydrogen) atoms. The largest absolute Gasteiger partial charge is 0.289 e. The highest BCUT2D eigenvalue weighted by atomic mass is 35.5. The first-order valence-corrected chi connectivity index (χ1v) is 10.7. The molecular weight excluding hydrogens is 431 g/mol. The Morgan fingerprint density at radius 3 is 2.40 bits per heavy atom. The molecule has 3 aromatic carbocycles. The van der Waals surface area contributed by atoms with Crippen molar-refractivity contribution >= 4 is 33.0 Å². The number of rotatable bonds is 6. The summed E-state index contributed by atoms with van der Waals surface area (Å²) in [4.78, 5) is 10.2. The third-order valence-corrected chi connectivity index (χ3v) is 6.67. The van der Waals surface area contributed by atoms with E-state index in [1.165, 1.54) is 24.3 Å². The van der Waals surface area contributed by atoms with E-state index in [-0.39, 0.29) is 22.0 Å². The summed E-state index contributed by atoms with van der Waals surface area (Å²) < 4.78 is 42.4. The normalized spacial score (nSPS) is 11.3. The van der Waals surface area contributed by atoms with Crippen LogP contribution in [0.1, 0.15) is 16.7 Å². The van der Waals surface area contributed by atoms with E-state index >= 15 is 0 Å². The minimum Gasteiger partial charge on any atom is -0.262 e. The molecule has 9 heteroatoms. The smallest absolute Gasteiger partial charge is 0.262 e. The van der Waals surface area contributed by atoms with Crippen LogP contribution in [0.25, 0.3) is 0 Å². The lowest BCUT2D eigenvalue weighted by Gasteiger charge is -2.26. The van der Waals surface area contributed by atoms with E-state index in [0.717, 1.165) is 22.0 Å². The Balaban J connectivity index is 2.19. The number of halogens is 2. The molecule has 0 saturated carbocycles. The van der Waals surface area contributed by atoms with Gasteiger partial charge in [-0.2, -0.15) is 0 Å². The van der Waals surface area contributed by atoms with Gasteiger partial charge in [0.05, 0.1) is 22.1 Å². The van der Waals surface area contributed by atoms with Crippen molar-refractivity contribution in [2.75, 3.05) is 4.31 Å². The van der Waals surface area contributed by atoms with Crippen molar-refractivity contribution in [1.82, 2.24) is 0 Å².